The lowest BCUT2D eigenvalue weighted by Crippen LogP contribution is -2.08. The van der Waals surface area contributed by atoms with Gasteiger partial charge in [-0.25, -0.2) is 0 Å². The smallest absolute Gasteiger partial charge is 0.144 e. The fraction of sp³-hybridized carbons (Fsp3) is 0.0714. The summed E-state index contributed by atoms with van der Waals surface area (Å²) in [6.45, 7) is 0. The Bertz CT molecular complexity index is 519. The number of aromatic nitrogens is 1. The van der Waals surface area contributed by atoms with Crippen molar-refractivity contribution in [1.29, 1.82) is 0 Å². The van der Waals surface area contributed by atoms with Crippen LogP contribution in [-0.4, -0.2) is 4.98 Å². The van der Waals surface area contributed by atoms with Gasteiger partial charge in [0.2, 0.25) is 0 Å². The highest BCUT2D eigenvalue weighted by atomic mass is 16.5. The summed E-state index contributed by atoms with van der Waals surface area (Å²) >= 11 is 0. The molecule has 2 aromatic rings. The van der Waals surface area contributed by atoms with Crippen LogP contribution in [0.25, 0.3) is 6.08 Å². The number of hydrogen-bond acceptors (Lipinski definition) is 2. The van der Waals surface area contributed by atoms with Crippen molar-refractivity contribution in [3.05, 3.63) is 66.0 Å². The summed E-state index contributed by atoms with van der Waals surface area (Å²) in [5, 5.41) is 0. The Kier molecular flexibility index (Phi) is 2.18. The van der Waals surface area contributed by atoms with E-state index in [1.54, 1.807) is 6.20 Å². The van der Waals surface area contributed by atoms with E-state index in [1.807, 2.05) is 42.6 Å². The van der Waals surface area contributed by atoms with E-state index in [2.05, 4.69) is 17.1 Å². The predicted molar refractivity (Wildman–Crippen MR) is 63.1 cm³/mol. The molecule has 78 valence electrons. The van der Waals surface area contributed by atoms with Gasteiger partial charge in [-0.3, -0.25) is 4.98 Å². The van der Waals surface area contributed by atoms with Crippen molar-refractivity contribution in [2.75, 3.05) is 0 Å². The number of hydrogen-bond donors (Lipinski definition) is 0. The summed E-state index contributed by atoms with van der Waals surface area (Å²) in [6, 6.07) is 12.0. The molecule has 0 bridgehead atoms. The first kappa shape index (κ1) is 9.16. The van der Waals surface area contributed by atoms with Crippen molar-refractivity contribution in [1.82, 2.24) is 4.98 Å². The Balaban J connectivity index is 1.95. The first-order valence-electron chi connectivity index (χ1n) is 5.27. The van der Waals surface area contributed by atoms with Gasteiger partial charge in [0.15, 0.2) is 0 Å². The van der Waals surface area contributed by atoms with Crippen LogP contribution in [0.4, 0.5) is 0 Å². The van der Waals surface area contributed by atoms with E-state index in [0.29, 0.717) is 0 Å². The molecule has 0 saturated heterocycles. The van der Waals surface area contributed by atoms with Crippen molar-refractivity contribution >= 4 is 6.08 Å². The molecule has 1 aliphatic heterocycles. The van der Waals surface area contributed by atoms with Gasteiger partial charge >= 0.3 is 0 Å². The van der Waals surface area contributed by atoms with E-state index in [9.17, 15) is 0 Å². The molecule has 0 amide bonds. The maximum absolute atomic E-state index is 5.89. The lowest BCUT2D eigenvalue weighted by Gasteiger charge is -2.21. The van der Waals surface area contributed by atoms with Crippen molar-refractivity contribution < 1.29 is 4.74 Å². The minimum Gasteiger partial charge on any atom is -0.481 e. The molecule has 16 heavy (non-hydrogen) atoms. The first-order valence-corrected chi connectivity index (χ1v) is 5.27. The summed E-state index contributed by atoms with van der Waals surface area (Å²) < 4.78 is 5.89. The summed E-state index contributed by atoms with van der Waals surface area (Å²) in [5.41, 5.74) is 2.20. The second-order valence-corrected chi connectivity index (χ2v) is 3.72. The molecule has 0 aliphatic carbocycles. The molecule has 1 aromatic heterocycles. The third-order valence-electron chi connectivity index (χ3n) is 2.64. The van der Waals surface area contributed by atoms with Crippen LogP contribution in [0.3, 0.4) is 0 Å². The molecule has 2 heterocycles. The molecule has 3 rings (SSSR count). The lowest BCUT2D eigenvalue weighted by atomic mass is 10.1. The Morgan fingerprint density at radius 1 is 1.06 bits per heavy atom. The third-order valence-corrected chi connectivity index (χ3v) is 2.64. The fourth-order valence-electron chi connectivity index (χ4n) is 1.82. The summed E-state index contributed by atoms with van der Waals surface area (Å²) in [6.07, 6.45) is 7.73. The van der Waals surface area contributed by atoms with E-state index in [-0.39, 0.29) is 6.10 Å². The van der Waals surface area contributed by atoms with E-state index in [0.717, 1.165) is 16.9 Å². The quantitative estimate of drug-likeness (QED) is 0.719. The van der Waals surface area contributed by atoms with Gasteiger partial charge < -0.3 is 4.74 Å². The highest BCUT2D eigenvalue weighted by molar-refractivity contribution is 5.60. The molecule has 1 aromatic carbocycles. The lowest BCUT2D eigenvalue weighted by molar-refractivity contribution is 0.251. The summed E-state index contributed by atoms with van der Waals surface area (Å²) in [4.78, 5) is 4.10. The van der Waals surface area contributed by atoms with E-state index in [4.69, 9.17) is 4.74 Å². The second kappa shape index (κ2) is 3.81. The number of rotatable bonds is 1. The van der Waals surface area contributed by atoms with Crippen LogP contribution in [0.5, 0.6) is 5.75 Å². The first-order chi connectivity index (χ1) is 7.93. The molecule has 1 atom stereocenters. The standard InChI is InChI=1S/C14H11NO/c1-2-6-13-11(4-1)7-8-14(16-13)12-5-3-9-15-10-12/h1-10,14H. The van der Waals surface area contributed by atoms with Crippen LogP contribution < -0.4 is 4.74 Å². The zero-order valence-corrected chi connectivity index (χ0v) is 8.71. The van der Waals surface area contributed by atoms with Crippen LogP contribution in [0, 0.1) is 0 Å². The number of nitrogens with zero attached hydrogens (tertiary/aromatic N) is 1. The van der Waals surface area contributed by atoms with Gasteiger partial charge in [0.05, 0.1) is 0 Å². The number of para-hydroxylation sites is 1. The Morgan fingerprint density at radius 2 is 2.00 bits per heavy atom. The average molecular weight is 209 g/mol. The van der Waals surface area contributed by atoms with Gasteiger partial charge in [-0.15, -0.1) is 0 Å². The minimum absolute atomic E-state index is 0.0244. The predicted octanol–water partition coefficient (Wildman–Crippen LogP) is 3.23. The molecule has 0 fully saturated rings. The van der Waals surface area contributed by atoms with Crippen LogP contribution in [-0.2, 0) is 0 Å². The van der Waals surface area contributed by atoms with Crippen LogP contribution in [0.1, 0.15) is 17.2 Å². The summed E-state index contributed by atoms with van der Waals surface area (Å²) in [7, 11) is 0. The van der Waals surface area contributed by atoms with Gasteiger partial charge in [0, 0.05) is 23.5 Å². The SMILES string of the molecule is C1=CC(c2cccnc2)Oc2ccccc21. The molecule has 1 aliphatic rings. The van der Waals surface area contributed by atoms with E-state index in [1.165, 1.54) is 0 Å². The highest BCUT2D eigenvalue weighted by Gasteiger charge is 2.15. The molecular formula is C14H11NO. The van der Waals surface area contributed by atoms with Crippen molar-refractivity contribution in [2.24, 2.45) is 0 Å². The normalized spacial score (nSPS) is 17.6. The molecule has 0 radical (unpaired) electrons. The largest absolute Gasteiger partial charge is 0.481 e. The third kappa shape index (κ3) is 1.58. The Hall–Kier alpha value is -2.09. The maximum Gasteiger partial charge on any atom is 0.144 e. The maximum atomic E-state index is 5.89. The number of fused-ring (bicyclic) bond motifs is 1. The zero-order chi connectivity index (χ0) is 10.8. The molecule has 2 heteroatoms. The topological polar surface area (TPSA) is 22.1 Å². The number of benzene rings is 1. The van der Waals surface area contributed by atoms with E-state index < -0.39 is 0 Å². The van der Waals surface area contributed by atoms with Gasteiger partial charge in [0.1, 0.15) is 11.9 Å². The van der Waals surface area contributed by atoms with Gasteiger partial charge in [-0.05, 0) is 18.2 Å². The van der Waals surface area contributed by atoms with Crippen molar-refractivity contribution in [3.63, 3.8) is 0 Å². The average Bonchev–Trinajstić information content (AvgIpc) is 2.39. The van der Waals surface area contributed by atoms with Gasteiger partial charge in [-0.1, -0.05) is 30.3 Å². The molecule has 2 nitrogen and oxygen atoms in total. The van der Waals surface area contributed by atoms with E-state index >= 15 is 0 Å². The van der Waals surface area contributed by atoms with Gasteiger partial charge in [0.25, 0.3) is 0 Å². The fourth-order valence-corrected chi connectivity index (χ4v) is 1.82. The number of ether oxygens (including phenoxy) is 1. The Morgan fingerprint density at radius 3 is 2.88 bits per heavy atom. The number of pyridine rings is 1. The van der Waals surface area contributed by atoms with Crippen LogP contribution in [0.15, 0.2) is 54.9 Å². The monoisotopic (exact) mass is 209 g/mol. The molecule has 0 spiro atoms. The van der Waals surface area contributed by atoms with Crippen molar-refractivity contribution in [2.45, 2.75) is 6.10 Å². The van der Waals surface area contributed by atoms with Gasteiger partial charge in [-0.2, -0.15) is 0 Å². The minimum atomic E-state index is -0.0244. The second-order valence-electron chi connectivity index (χ2n) is 3.72. The van der Waals surface area contributed by atoms with Crippen LogP contribution in [0.2, 0.25) is 0 Å². The van der Waals surface area contributed by atoms with Crippen molar-refractivity contribution in [3.8, 4) is 5.75 Å². The molecular weight excluding hydrogens is 198 g/mol. The Labute approximate surface area is 94.2 Å². The van der Waals surface area contributed by atoms with Crippen LogP contribution >= 0.6 is 0 Å². The highest BCUT2D eigenvalue weighted by Crippen LogP contribution is 2.31. The summed E-state index contributed by atoms with van der Waals surface area (Å²) in [5.74, 6) is 0.929. The molecule has 1 unspecified atom stereocenters. The molecule has 0 saturated carbocycles. The zero-order valence-electron chi connectivity index (χ0n) is 8.71. The molecule has 0 N–H and O–H groups in total.